The van der Waals surface area contributed by atoms with Gasteiger partial charge in [0.2, 0.25) is 5.91 Å². The SMILES string of the molecule is O=C(C1CCOCC1)N1CCC[C@@H](CCc2ccnc(Nc3cnccn3)c2)C1. The zero-order valence-electron chi connectivity index (χ0n) is 16.8. The largest absolute Gasteiger partial charge is 0.381 e. The quantitative estimate of drug-likeness (QED) is 0.809. The lowest BCUT2D eigenvalue weighted by Gasteiger charge is -2.36. The molecule has 29 heavy (non-hydrogen) atoms. The molecular weight excluding hydrogens is 366 g/mol. The Bertz CT molecular complexity index is 795. The number of nitrogens with one attached hydrogen (secondary N) is 1. The van der Waals surface area contributed by atoms with E-state index in [-0.39, 0.29) is 5.92 Å². The van der Waals surface area contributed by atoms with E-state index in [1.807, 2.05) is 6.20 Å². The topological polar surface area (TPSA) is 80.2 Å². The first-order valence-electron chi connectivity index (χ1n) is 10.6. The number of rotatable bonds is 6. The number of piperidine rings is 1. The third-order valence-electron chi connectivity index (χ3n) is 5.89. The normalized spacial score (nSPS) is 20.4. The van der Waals surface area contributed by atoms with E-state index in [0.717, 1.165) is 64.2 Å². The number of aryl methyl sites for hydroxylation is 1. The second-order valence-electron chi connectivity index (χ2n) is 7.98. The van der Waals surface area contributed by atoms with Crippen molar-refractivity contribution in [3.63, 3.8) is 0 Å². The van der Waals surface area contributed by atoms with Gasteiger partial charge in [0.1, 0.15) is 11.6 Å². The van der Waals surface area contributed by atoms with E-state index in [2.05, 4.69) is 37.3 Å². The maximum absolute atomic E-state index is 12.8. The number of carbonyl (C=O) groups excluding carboxylic acids is 1. The minimum atomic E-state index is 0.164. The Balaban J connectivity index is 1.29. The number of likely N-dealkylation sites (tertiary alicyclic amines) is 1. The molecule has 0 spiro atoms. The number of amides is 1. The van der Waals surface area contributed by atoms with Crippen LogP contribution in [0.15, 0.2) is 36.9 Å². The fourth-order valence-corrected chi connectivity index (χ4v) is 4.27. The van der Waals surface area contributed by atoms with E-state index in [0.29, 0.717) is 17.6 Å². The molecule has 2 aliphatic heterocycles. The summed E-state index contributed by atoms with van der Waals surface area (Å²) >= 11 is 0. The van der Waals surface area contributed by atoms with Crippen molar-refractivity contribution in [2.75, 3.05) is 31.6 Å². The molecule has 1 amide bonds. The molecule has 7 nitrogen and oxygen atoms in total. The number of pyridine rings is 1. The van der Waals surface area contributed by atoms with Crippen LogP contribution in [-0.4, -0.2) is 52.1 Å². The van der Waals surface area contributed by atoms with Crippen LogP contribution in [0.25, 0.3) is 0 Å². The van der Waals surface area contributed by atoms with Crippen LogP contribution >= 0.6 is 0 Å². The van der Waals surface area contributed by atoms with Gasteiger partial charge in [0.15, 0.2) is 0 Å². The summed E-state index contributed by atoms with van der Waals surface area (Å²) in [7, 11) is 0. The van der Waals surface area contributed by atoms with E-state index in [9.17, 15) is 4.79 Å². The Morgan fingerprint density at radius 3 is 2.83 bits per heavy atom. The van der Waals surface area contributed by atoms with E-state index in [1.165, 1.54) is 12.0 Å². The highest BCUT2D eigenvalue weighted by atomic mass is 16.5. The molecule has 2 saturated heterocycles. The fraction of sp³-hybridized carbons (Fsp3) is 0.545. The van der Waals surface area contributed by atoms with Crippen molar-refractivity contribution in [2.45, 2.75) is 38.5 Å². The number of aromatic nitrogens is 3. The lowest BCUT2D eigenvalue weighted by Crippen LogP contribution is -2.44. The van der Waals surface area contributed by atoms with Crippen molar-refractivity contribution >= 4 is 17.5 Å². The summed E-state index contributed by atoms with van der Waals surface area (Å²) in [5.41, 5.74) is 1.25. The fourth-order valence-electron chi connectivity index (χ4n) is 4.27. The predicted molar refractivity (Wildman–Crippen MR) is 111 cm³/mol. The average molecular weight is 396 g/mol. The van der Waals surface area contributed by atoms with Gasteiger partial charge in [-0.05, 0) is 62.1 Å². The zero-order chi connectivity index (χ0) is 19.9. The third kappa shape index (κ3) is 5.50. The summed E-state index contributed by atoms with van der Waals surface area (Å²) in [6.07, 6.45) is 12.9. The van der Waals surface area contributed by atoms with Gasteiger partial charge in [-0.2, -0.15) is 0 Å². The van der Waals surface area contributed by atoms with Crippen molar-refractivity contribution in [1.29, 1.82) is 0 Å². The van der Waals surface area contributed by atoms with E-state index < -0.39 is 0 Å². The maximum Gasteiger partial charge on any atom is 0.225 e. The highest BCUT2D eigenvalue weighted by molar-refractivity contribution is 5.79. The van der Waals surface area contributed by atoms with Gasteiger partial charge < -0.3 is 15.0 Å². The molecule has 0 unspecified atom stereocenters. The lowest BCUT2D eigenvalue weighted by atomic mass is 9.90. The van der Waals surface area contributed by atoms with Crippen LogP contribution in [0.1, 0.15) is 37.7 Å². The Morgan fingerprint density at radius 2 is 2.00 bits per heavy atom. The molecule has 2 fully saturated rings. The smallest absolute Gasteiger partial charge is 0.225 e. The van der Waals surface area contributed by atoms with Gasteiger partial charge in [0.25, 0.3) is 0 Å². The van der Waals surface area contributed by atoms with Crippen LogP contribution < -0.4 is 5.32 Å². The summed E-state index contributed by atoms with van der Waals surface area (Å²) in [5.74, 6) is 2.54. The van der Waals surface area contributed by atoms with Crippen LogP contribution in [0.3, 0.4) is 0 Å². The molecule has 0 aliphatic carbocycles. The monoisotopic (exact) mass is 395 g/mol. The van der Waals surface area contributed by atoms with Crippen LogP contribution in [0.2, 0.25) is 0 Å². The lowest BCUT2D eigenvalue weighted by molar-refractivity contribution is -0.140. The third-order valence-corrected chi connectivity index (χ3v) is 5.89. The second kappa shape index (κ2) is 9.78. The summed E-state index contributed by atoms with van der Waals surface area (Å²) in [5, 5.41) is 3.19. The number of anilines is 2. The Kier molecular flexibility index (Phi) is 6.67. The minimum Gasteiger partial charge on any atom is -0.381 e. The zero-order valence-corrected chi connectivity index (χ0v) is 16.8. The van der Waals surface area contributed by atoms with Crippen LogP contribution in [0, 0.1) is 11.8 Å². The first-order valence-corrected chi connectivity index (χ1v) is 10.6. The molecule has 2 aromatic rings. The highest BCUT2D eigenvalue weighted by Gasteiger charge is 2.29. The summed E-state index contributed by atoms with van der Waals surface area (Å²) in [4.78, 5) is 27.6. The van der Waals surface area contributed by atoms with Crippen molar-refractivity contribution < 1.29 is 9.53 Å². The van der Waals surface area contributed by atoms with Crippen LogP contribution in [0.4, 0.5) is 11.6 Å². The van der Waals surface area contributed by atoms with Gasteiger partial charge in [-0.25, -0.2) is 9.97 Å². The Morgan fingerprint density at radius 1 is 1.14 bits per heavy atom. The van der Waals surface area contributed by atoms with Gasteiger partial charge in [-0.15, -0.1) is 0 Å². The van der Waals surface area contributed by atoms with E-state index >= 15 is 0 Å². The molecule has 4 rings (SSSR count). The molecular formula is C22H29N5O2. The number of ether oxygens (including phenoxy) is 1. The van der Waals surface area contributed by atoms with Crippen LogP contribution in [-0.2, 0) is 16.0 Å². The van der Waals surface area contributed by atoms with E-state index in [4.69, 9.17) is 4.74 Å². The number of hydrogen-bond donors (Lipinski definition) is 1. The highest BCUT2D eigenvalue weighted by Crippen LogP contribution is 2.26. The summed E-state index contributed by atoms with van der Waals surface area (Å²) in [6.45, 7) is 3.25. The van der Waals surface area contributed by atoms with Crippen molar-refractivity contribution in [1.82, 2.24) is 19.9 Å². The molecule has 1 atom stereocenters. The Labute approximate surface area is 171 Å². The molecule has 0 saturated carbocycles. The minimum absolute atomic E-state index is 0.164. The summed E-state index contributed by atoms with van der Waals surface area (Å²) in [6, 6.07) is 4.14. The molecule has 7 heteroatoms. The van der Waals surface area contributed by atoms with E-state index in [1.54, 1.807) is 18.6 Å². The molecule has 0 aromatic carbocycles. The number of carbonyl (C=O) groups is 1. The van der Waals surface area contributed by atoms with Gasteiger partial charge in [0.05, 0.1) is 6.20 Å². The average Bonchev–Trinajstić information content (AvgIpc) is 2.79. The predicted octanol–water partition coefficient (Wildman–Crippen LogP) is 3.21. The molecule has 4 heterocycles. The first kappa shape index (κ1) is 19.8. The van der Waals surface area contributed by atoms with Crippen molar-refractivity contribution in [2.24, 2.45) is 11.8 Å². The molecule has 2 aliphatic rings. The number of nitrogens with zero attached hydrogens (tertiary/aromatic N) is 4. The Hall–Kier alpha value is -2.54. The van der Waals surface area contributed by atoms with Gasteiger partial charge >= 0.3 is 0 Å². The maximum atomic E-state index is 12.8. The number of hydrogen-bond acceptors (Lipinski definition) is 6. The standard InChI is InChI=1S/C22H29N5O2/c28-22(19-6-12-29-13-7-19)27-11-1-2-18(16-27)4-3-17-5-8-24-20(14-17)26-21-15-23-9-10-25-21/h5,8-10,14-15,18-19H,1-4,6-7,11-13,16H2,(H,24,25,26)/t18-/m0/s1. The van der Waals surface area contributed by atoms with Crippen molar-refractivity contribution in [3.05, 3.63) is 42.5 Å². The molecule has 2 aromatic heterocycles. The van der Waals surface area contributed by atoms with Crippen LogP contribution in [0.5, 0.6) is 0 Å². The van der Waals surface area contributed by atoms with Gasteiger partial charge in [-0.1, -0.05) is 0 Å². The van der Waals surface area contributed by atoms with Crippen molar-refractivity contribution in [3.8, 4) is 0 Å². The second-order valence-corrected chi connectivity index (χ2v) is 7.98. The molecule has 0 radical (unpaired) electrons. The van der Waals surface area contributed by atoms with Gasteiger partial charge in [0, 0.05) is 50.8 Å². The first-order chi connectivity index (χ1) is 14.3. The molecule has 1 N–H and O–H groups in total. The molecule has 154 valence electrons. The van der Waals surface area contributed by atoms with Gasteiger partial charge in [-0.3, -0.25) is 9.78 Å². The summed E-state index contributed by atoms with van der Waals surface area (Å²) < 4.78 is 5.40. The molecule has 0 bridgehead atoms.